The molecule has 1 fully saturated rings. The van der Waals surface area contributed by atoms with Gasteiger partial charge >= 0.3 is 0 Å². The number of piperidine rings is 1. The van der Waals surface area contributed by atoms with E-state index in [1.807, 2.05) is 11.6 Å². The highest BCUT2D eigenvalue weighted by molar-refractivity contribution is 6.31. The molecule has 0 spiro atoms. The maximum Gasteiger partial charge on any atom is 0.0860 e. The van der Waals surface area contributed by atoms with Gasteiger partial charge in [0.15, 0.2) is 0 Å². The number of hydrogen-bond acceptors (Lipinski definition) is 3. The minimum Gasteiger partial charge on any atom is -0.392 e. The van der Waals surface area contributed by atoms with Gasteiger partial charge in [-0.2, -0.15) is 5.10 Å². The van der Waals surface area contributed by atoms with Crippen LogP contribution in [0.15, 0.2) is 0 Å². The molecule has 0 radical (unpaired) electrons. The largest absolute Gasteiger partial charge is 0.392 e. The van der Waals surface area contributed by atoms with Crippen molar-refractivity contribution in [2.75, 3.05) is 13.1 Å². The van der Waals surface area contributed by atoms with E-state index < -0.39 is 0 Å². The maximum atomic E-state index is 9.66. The normalized spacial score (nSPS) is 22.0. The van der Waals surface area contributed by atoms with Crippen molar-refractivity contribution in [2.24, 2.45) is 0 Å². The number of aliphatic hydroxyl groups is 1. The predicted octanol–water partition coefficient (Wildman–Crippen LogP) is 1.82. The highest BCUT2D eigenvalue weighted by Gasteiger charge is 2.21. The molecule has 1 atom stereocenters. The summed E-state index contributed by atoms with van der Waals surface area (Å²) in [6.45, 7) is 7.38. The van der Waals surface area contributed by atoms with E-state index in [9.17, 15) is 5.11 Å². The van der Waals surface area contributed by atoms with Crippen LogP contribution in [-0.2, 0) is 13.1 Å². The Morgan fingerprint density at radius 1 is 1.53 bits per heavy atom. The summed E-state index contributed by atoms with van der Waals surface area (Å²) in [7, 11) is 0. The van der Waals surface area contributed by atoms with E-state index in [0.717, 1.165) is 55.4 Å². The molecular weight excluding hydrogens is 238 g/mol. The average molecular weight is 258 g/mol. The van der Waals surface area contributed by atoms with E-state index in [0.29, 0.717) is 0 Å². The van der Waals surface area contributed by atoms with E-state index in [2.05, 4.69) is 16.9 Å². The van der Waals surface area contributed by atoms with Crippen LogP contribution in [0.1, 0.15) is 31.2 Å². The highest BCUT2D eigenvalue weighted by atomic mass is 35.5. The summed E-state index contributed by atoms with van der Waals surface area (Å²) in [6.07, 6.45) is 1.77. The van der Waals surface area contributed by atoms with Crippen LogP contribution >= 0.6 is 11.6 Å². The molecule has 17 heavy (non-hydrogen) atoms. The lowest BCUT2D eigenvalue weighted by Crippen LogP contribution is -2.38. The molecule has 1 N–H and O–H groups in total. The number of hydrogen-bond donors (Lipinski definition) is 1. The molecule has 1 aliphatic heterocycles. The monoisotopic (exact) mass is 257 g/mol. The topological polar surface area (TPSA) is 41.3 Å². The Bertz CT molecular complexity index is 391. The number of nitrogens with zero attached hydrogens (tertiary/aromatic N) is 3. The summed E-state index contributed by atoms with van der Waals surface area (Å²) in [6, 6.07) is 0. The number of aromatic nitrogens is 2. The molecule has 0 unspecified atom stereocenters. The maximum absolute atomic E-state index is 9.66. The molecule has 0 amide bonds. The first kappa shape index (κ1) is 12.9. The molecule has 1 saturated heterocycles. The van der Waals surface area contributed by atoms with Crippen molar-refractivity contribution in [3.05, 3.63) is 16.4 Å². The first-order chi connectivity index (χ1) is 8.11. The molecule has 4 nitrogen and oxygen atoms in total. The number of rotatable bonds is 3. The molecule has 1 aromatic rings. The third-order valence-corrected chi connectivity index (χ3v) is 3.80. The summed E-state index contributed by atoms with van der Waals surface area (Å²) >= 11 is 6.28. The van der Waals surface area contributed by atoms with E-state index in [4.69, 9.17) is 11.6 Å². The second kappa shape index (κ2) is 5.38. The van der Waals surface area contributed by atoms with Gasteiger partial charge in [-0.05, 0) is 33.2 Å². The number of likely N-dealkylation sites (tertiary alicyclic amines) is 1. The first-order valence-corrected chi connectivity index (χ1v) is 6.61. The van der Waals surface area contributed by atoms with Gasteiger partial charge < -0.3 is 5.11 Å². The molecule has 1 aliphatic rings. The van der Waals surface area contributed by atoms with Gasteiger partial charge in [0.25, 0.3) is 0 Å². The Hall–Kier alpha value is -0.580. The quantitative estimate of drug-likeness (QED) is 0.898. The average Bonchev–Trinajstić information content (AvgIpc) is 2.57. The fourth-order valence-corrected chi connectivity index (χ4v) is 2.60. The first-order valence-electron chi connectivity index (χ1n) is 6.24. The Kier molecular flexibility index (Phi) is 4.07. The van der Waals surface area contributed by atoms with Crippen LogP contribution in [0.3, 0.4) is 0 Å². The number of β-amino-alcohol motifs (C(OH)–C–C–N with tert-alkyl or cyclic N) is 1. The predicted molar refractivity (Wildman–Crippen MR) is 68.2 cm³/mol. The van der Waals surface area contributed by atoms with E-state index in [-0.39, 0.29) is 6.10 Å². The Morgan fingerprint density at radius 3 is 2.94 bits per heavy atom. The van der Waals surface area contributed by atoms with Crippen LogP contribution in [-0.4, -0.2) is 39.0 Å². The second-order valence-corrected chi connectivity index (χ2v) is 5.07. The summed E-state index contributed by atoms with van der Waals surface area (Å²) in [4.78, 5) is 2.25. The molecular formula is C12H20ClN3O. The smallest absolute Gasteiger partial charge is 0.0860 e. The lowest BCUT2D eigenvalue weighted by Gasteiger charge is -2.30. The summed E-state index contributed by atoms with van der Waals surface area (Å²) in [5.41, 5.74) is 1.96. The lowest BCUT2D eigenvalue weighted by molar-refractivity contribution is 0.0655. The van der Waals surface area contributed by atoms with Crippen molar-refractivity contribution in [3.63, 3.8) is 0 Å². The van der Waals surface area contributed by atoms with Crippen LogP contribution < -0.4 is 0 Å². The zero-order valence-corrected chi connectivity index (χ0v) is 11.2. The van der Waals surface area contributed by atoms with Gasteiger partial charge in [0.05, 0.1) is 22.5 Å². The van der Waals surface area contributed by atoms with Gasteiger partial charge in [-0.25, -0.2) is 0 Å². The van der Waals surface area contributed by atoms with Crippen molar-refractivity contribution in [1.82, 2.24) is 14.7 Å². The van der Waals surface area contributed by atoms with Crippen molar-refractivity contribution in [2.45, 2.75) is 45.9 Å². The molecule has 0 aromatic carbocycles. The van der Waals surface area contributed by atoms with E-state index in [1.54, 1.807) is 0 Å². The molecule has 2 rings (SSSR count). The van der Waals surface area contributed by atoms with Gasteiger partial charge in [0, 0.05) is 19.6 Å². The van der Waals surface area contributed by atoms with Crippen LogP contribution in [0, 0.1) is 6.92 Å². The van der Waals surface area contributed by atoms with Crippen molar-refractivity contribution < 1.29 is 5.11 Å². The van der Waals surface area contributed by atoms with Gasteiger partial charge in [-0.15, -0.1) is 0 Å². The fourth-order valence-electron chi connectivity index (χ4n) is 2.41. The van der Waals surface area contributed by atoms with Crippen LogP contribution in [0.4, 0.5) is 0 Å². The van der Waals surface area contributed by atoms with Crippen molar-refractivity contribution in [1.29, 1.82) is 0 Å². The van der Waals surface area contributed by atoms with Gasteiger partial charge in [-0.3, -0.25) is 9.58 Å². The number of halogens is 1. The van der Waals surface area contributed by atoms with Gasteiger partial charge in [-0.1, -0.05) is 11.6 Å². The summed E-state index contributed by atoms with van der Waals surface area (Å²) in [5.74, 6) is 0. The van der Waals surface area contributed by atoms with E-state index >= 15 is 0 Å². The van der Waals surface area contributed by atoms with Crippen LogP contribution in [0.2, 0.25) is 5.02 Å². The molecule has 96 valence electrons. The van der Waals surface area contributed by atoms with Gasteiger partial charge in [0.2, 0.25) is 0 Å². The zero-order valence-electron chi connectivity index (χ0n) is 10.5. The number of aliphatic hydroxyl groups excluding tert-OH is 1. The summed E-state index contributed by atoms with van der Waals surface area (Å²) in [5, 5.41) is 14.8. The van der Waals surface area contributed by atoms with Gasteiger partial charge in [0.1, 0.15) is 0 Å². The standard InChI is InChI=1S/C12H20ClN3O/c1-3-16-11(12(13)9(2)14-16)8-15-6-4-5-10(17)7-15/h10,17H,3-8H2,1-2H3/t10-/m0/s1. The highest BCUT2D eigenvalue weighted by Crippen LogP contribution is 2.23. The third-order valence-electron chi connectivity index (χ3n) is 3.31. The summed E-state index contributed by atoms with van der Waals surface area (Å²) < 4.78 is 1.96. The van der Waals surface area contributed by atoms with Crippen LogP contribution in [0.25, 0.3) is 0 Å². The number of aryl methyl sites for hydroxylation is 2. The zero-order chi connectivity index (χ0) is 12.4. The van der Waals surface area contributed by atoms with E-state index in [1.165, 1.54) is 0 Å². The van der Waals surface area contributed by atoms with Crippen molar-refractivity contribution >= 4 is 11.6 Å². The molecule has 0 aliphatic carbocycles. The minimum atomic E-state index is -0.193. The lowest BCUT2D eigenvalue weighted by atomic mass is 10.1. The molecule has 5 heteroatoms. The minimum absolute atomic E-state index is 0.193. The molecule has 0 saturated carbocycles. The molecule has 2 heterocycles. The Balaban J connectivity index is 2.12. The fraction of sp³-hybridized carbons (Fsp3) is 0.750. The van der Waals surface area contributed by atoms with Crippen molar-refractivity contribution in [3.8, 4) is 0 Å². The Morgan fingerprint density at radius 2 is 2.29 bits per heavy atom. The van der Waals surface area contributed by atoms with Crippen LogP contribution in [0.5, 0.6) is 0 Å². The second-order valence-electron chi connectivity index (χ2n) is 4.69. The molecule has 0 bridgehead atoms. The Labute approximate surface area is 107 Å². The third kappa shape index (κ3) is 2.81. The molecule has 1 aromatic heterocycles. The SMILES string of the molecule is CCn1nc(C)c(Cl)c1CN1CCC[C@H](O)C1.